The summed E-state index contributed by atoms with van der Waals surface area (Å²) in [6.45, 7) is 2.01. The van der Waals surface area contributed by atoms with Gasteiger partial charge in [-0.1, -0.05) is 11.6 Å². The van der Waals surface area contributed by atoms with Gasteiger partial charge in [0.2, 0.25) is 0 Å². The van der Waals surface area contributed by atoms with Gasteiger partial charge in [-0.25, -0.2) is 14.2 Å². The Labute approximate surface area is 174 Å². The molecular formula is C19H26ClFN4O4. The van der Waals surface area contributed by atoms with Crippen LogP contribution in [0.3, 0.4) is 0 Å². The summed E-state index contributed by atoms with van der Waals surface area (Å²) in [4.78, 5) is 23.2. The number of hydrogen-bond acceptors (Lipinski definition) is 7. The normalized spacial score (nSPS) is 10.7. The topological polar surface area (TPSA) is 99.0 Å². The van der Waals surface area contributed by atoms with Crippen LogP contribution in [0.15, 0.2) is 24.4 Å². The largest absolute Gasteiger partial charge is 0.478 e. The fourth-order valence-corrected chi connectivity index (χ4v) is 2.25. The number of carboxylic acids is 1. The van der Waals surface area contributed by atoms with Crippen LogP contribution >= 0.6 is 11.6 Å². The SMILES string of the molecule is CN(C)CCO.CN(C)CCOc1ncc(C(=O)O)c(-c2ccc(F)cc2Cl)n1. The van der Waals surface area contributed by atoms with Crippen LogP contribution in [0.25, 0.3) is 11.3 Å². The first-order valence-electron chi connectivity index (χ1n) is 8.74. The minimum absolute atomic E-state index is 0.0345. The van der Waals surface area contributed by atoms with Gasteiger partial charge in [0.25, 0.3) is 0 Å². The lowest BCUT2D eigenvalue weighted by molar-refractivity contribution is 0.0696. The average Bonchev–Trinajstić information content (AvgIpc) is 2.61. The van der Waals surface area contributed by atoms with Crippen molar-refractivity contribution >= 4 is 17.6 Å². The van der Waals surface area contributed by atoms with Crippen molar-refractivity contribution < 1.29 is 24.1 Å². The van der Waals surface area contributed by atoms with Gasteiger partial charge in [0.15, 0.2) is 0 Å². The van der Waals surface area contributed by atoms with E-state index in [-0.39, 0.29) is 28.9 Å². The lowest BCUT2D eigenvalue weighted by atomic mass is 10.1. The lowest BCUT2D eigenvalue weighted by Gasteiger charge is -2.12. The van der Waals surface area contributed by atoms with E-state index in [1.165, 1.54) is 12.1 Å². The predicted molar refractivity (Wildman–Crippen MR) is 109 cm³/mol. The number of hydrogen-bond donors (Lipinski definition) is 2. The Balaban J connectivity index is 0.000000612. The number of ether oxygens (including phenoxy) is 1. The monoisotopic (exact) mass is 428 g/mol. The Hall–Kier alpha value is -2.33. The van der Waals surface area contributed by atoms with E-state index in [4.69, 9.17) is 21.4 Å². The number of nitrogens with zero attached hydrogens (tertiary/aromatic N) is 4. The van der Waals surface area contributed by atoms with Gasteiger partial charge in [0.1, 0.15) is 18.0 Å². The number of aliphatic hydroxyl groups excluding tert-OH is 1. The van der Waals surface area contributed by atoms with Crippen LogP contribution in [0.1, 0.15) is 10.4 Å². The van der Waals surface area contributed by atoms with Crippen LogP contribution in [0.4, 0.5) is 4.39 Å². The van der Waals surface area contributed by atoms with Gasteiger partial charge in [-0.15, -0.1) is 0 Å². The Morgan fingerprint density at radius 1 is 1.21 bits per heavy atom. The third kappa shape index (κ3) is 8.70. The molecule has 0 radical (unpaired) electrons. The molecular weight excluding hydrogens is 403 g/mol. The van der Waals surface area contributed by atoms with Crippen molar-refractivity contribution in [2.45, 2.75) is 0 Å². The summed E-state index contributed by atoms with van der Waals surface area (Å²) in [6, 6.07) is 3.68. The summed E-state index contributed by atoms with van der Waals surface area (Å²) < 4.78 is 18.6. The van der Waals surface area contributed by atoms with Crippen LogP contribution in [0.2, 0.25) is 5.02 Å². The molecule has 1 aromatic heterocycles. The minimum atomic E-state index is -1.21. The zero-order valence-electron chi connectivity index (χ0n) is 16.9. The fourth-order valence-electron chi connectivity index (χ4n) is 2.00. The molecule has 0 aliphatic rings. The Morgan fingerprint density at radius 3 is 2.34 bits per heavy atom. The first kappa shape index (κ1) is 24.7. The molecule has 2 N–H and O–H groups in total. The van der Waals surface area contributed by atoms with Gasteiger partial charge in [-0.3, -0.25) is 0 Å². The van der Waals surface area contributed by atoms with Crippen LogP contribution in [0, 0.1) is 5.82 Å². The highest BCUT2D eigenvalue weighted by Crippen LogP contribution is 2.30. The highest BCUT2D eigenvalue weighted by atomic mass is 35.5. The second-order valence-corrected chi connectivity index (χ2v) is 6.93. The molecule has 2 aromatic rings. The zero-order chi connectivity index (χ0) is 22.0. The molecule has 0 amide bonds. The Kier molecular flexibility index (Phi) is 10.5. The number of benzene rings is 1. The van der Waals surface area contributed by atoms with Crippen LogP contribution in [-0.2, 0) is 0 Å². The number of likely N-dealkylation sites (N-methyl/N-ethyl adjacent to an activating group) is 2. The predicted octanol–water partition coefficient (Wildman–Crippen LogP) is 2.12. The number of carboxylic acid groups (broad SMARTS) is 1. The molecule has 0 saturated heterocycles. The first-order chi connectivity index (χ1) is 13.6. The molecule has 0 fully saturated rings. The molecule has 0 aliphatic carbocycles. The number of halogens is 2. The standard InChI is InChI=1S/C15H15ClFN3O3.C4H11NO/c1-20(2)5-6-23-15-18-8-11(14(21)22)13(19-15)10-4-3-9(17)7-12(10)16;1-5(2)3-4-6/h3-4,7-8H,5-6H2,1-2H3,(H,21,22);6H,3-4H2,1-2H3. The quantitative estimate of drug-likeness (QED) is 0.659. The lowest BCUT2D eigenvalue weighted by Crippen LogP contribution is -2.20. The zero-order valence-corrected chi connectivity index (χ0v) is 17.6. The molecule has 10 heteroatoms. The summed E-state index contributed by atoms with van der Waals surface area (Å²) in [7, 11) is 7.63. The fraction of sp³-hybridized carbons (Fsp3) is 0.421. The maximum absolute atomic E-state index is 13.2. The molecule has 0 saturated carbocycles. The van der Waals surface area contributed by atoms with Crippen molar-refractivity contribution in [3.05, 3.63) is 40.8 Å². The molecule has 0 bridgehead atoms. The summed E-state index contributed by atoms with van der Waals surface area (Å²) >= 11 is 6.00. The van der Waals surface area contributed by atoms with Gasteiger partial charge in [-0.2, -0.15) is 4.98 Å². The molecule has 1 aromatic carbocycles. The third-order valence-electron chi connectivity index (χ3n) is 3.50. The molecule has 1 heterocycles. The van der Waals surface area contributed by atoms with Crippen LogP contribution in [-0.4, -0.2) is 90.4 Å². The number of aromatic nitrogens is 2. The average molecular weight is 429 g/mol. The smallest absolute Gasteiger partial charge is 0.339 e. The number of rotatable bonds is 8. The molecule has 0 atom stereocenters. The number of aliphatic hydroxyl groups is 1. The van der Waals surface area contributed by atoms with Gasteiger partial charge < -0.3 is 24.7 Å². The molecule has 0 aliphatic heterocycles. The van der Waals surface area contributed by atoms with Gasteiger partial charge in [0.05, 0.1) is 17.3 Å². The van der Waals surface area contributed by atoms with E-state index < -0.39 is 11.8 Å². The maximum Gasteiger partial charge on any atom is 0.339 e. The highest BCUT2D eigenvalue weighted by molar-refractivity contribution is 6.33. The summed E-state index contributed by atoms with van der Waals surface area (Å²) in [5.74, 6) is -1.73. The molecule has 29 heavy (non-hydrogen) atoms. The van der Waals surface area contributed by atoms with E-state index >= 15 is 0 Å². The second-order valence-electron chi connectivity index (χ2n) is 6.52. The van der Waals surface area contributed by atoms with E-state index in [1.54, 1.807) is 0 Å². The summed E-state index contributed by atoms with van der Waals surface area (Å²) in [5, 5.41) is 17.5. The van der Waals surface area contributed by atoms with Crippen molar-refractivity contribution in [2.75, 3.05) is 54.5 Å². The van der Waals surface area contributed by atoms with Crippen molar-refractivity contribution in [1.29, 1.82) is 0 Å². The van der Waals surface area contributed by atoms with Crippen LogP contribution < -0.4 is 4.74 Å². The van der Waals surface area contributed by atoms with E-state index in [2.05, 4.69) is 9.97 Å². The molecule has 0 unspecified atom stereocenters. The van der Waals surface area contributed by atoms with Gasteiger partial charge >= 0.3 is 12.0 Å². The molecule has 2 rings (SSSR count). The summed E-state index contributed by atoms with van der Waals surface area (Å²) in [5.41, 5.74) is 0.237. The maximum atomic E-state index is 13.2. The van der Waals surface area contributed by atoms with Crippen molar-refractivity contribution in [3.63, 3.8) is 0 Å². The van der Waals surface area contributed by atoms with E-state index in [0.717, 1.165) is 18.8 Å². The van der Waals surface area contributed by atoms with E-state index in [0.29, 0.717) is 18.7 Å². The molecule has 160 valence electrons. The second kappa shape index (κ2) is 12.3. The third-order valence-corrected chi connectivity index (χ3v) is 3.81. The summed E-state index contributed by atoms with van der Waals surface area (Å²) in [6.07, 6.45) is 1.15. The molecule has 8 nitrogen and oxygen atoms in total. The minimum Gasteiger partial charge on any atom is -0.478 e. The first-order valence-corrected chi connectivity index (χ1v) is 9.12. The van der Waals surface area contributed by atoms with Gasteiger partial charge in [0, 0.05) is 24.8 Å². The number of aromatic carboxylic acids is 1. The van der Waals surface area contributed by atoms with E-state index in [9.17, 15) is 14.3 Å². The Morgan fingerprint density at radius 2 is 1.86 bits per heavy atom. The van der Waals surface area contributed by atoms with Crippen LogP contribution in [0.5, 0.6) is 6.01 Å². The number of carbonyl (C=O) groups is 1. The van der Waals surface area contributed by atoms with E-state index in [1.807, 2.05) is 38.0 Å². The van der Waals surface area contributed by atoms with Crippen molar-refractivity contribution in [3.8, 4) is 17.3 Å². The Bertz CT molecular complexity index is 806. The van der Waals surface area contributed by atoms with Crippen molar-refractivity contribution in [1.82, 2.24) is 19.8 Å². The van der Waals surface area contributed by atoms with Crippen molar-refractivity contribution in [2.24, 2.45) is 0 Å². The van der Waals surface area contributed by atoms with Gasteiger partial charge in [-0.05, 0) is 46.4 Å². The highest BCUT2D eigenvalue weighted by Gasteiger charge is 2.18. The molecule has 0 spiro atoms.